The number of likely N-dealkylation sites (tertiary alicyclic amines) is 1. The summed E-state index contributed by atoms with van der Waals surface area (Å²) in [6.07, 6.45) is 6.03. The van der Waals surface area contributed by atoms with Crippen LogP contribution in [0.1, 0.15) is 18.9 Å². The first-order chi connectivity index (χ1) is 16.6. The van der Waals surface area contributed by atoms with Crippen molar-refractivity contribution in [3.8, 4) is 17.2 Å². The molecule has 1 amide bonds. The minimum atomic E-state index is -0.585. The number of nitrogens with zero attached hydrogens (tertiary/aromatic N) is 4. The third kappa shape index (κ3) is 3.87. The van der Waals surface area contributed by atoms with Crippen LogP contribution in [0.3, 0.4) is 0 Å². The van der Waals surface area contributed by atoms with Crippen LogP contribution in [0.15, 0.2) is 84.4 Å². The number of aromatic nitrogens is 3. The largest absolute Gasteiger partial charge is 0.454 e. The number of carbonyl (C=O) groups is 1. The standard InChI is InChI=1S/C26H23FN4O3/c1-2-25(32)29-14-6-7-19(17-29)31-22-12-13-28-16-23(22)30(26(31)33)18-10-11-24(21(27)15-18)34-20-8-4-3-5-9-20/h2-5,8-13,15-16,19H,1,6-7,14,17H2. The number of rotatable bonds is 5. The summed E-state index contributed by atoms with van der Waals surface area (Å²) < 4.78 is 23.8. The third-order valence-corrected chi connectivity index (χ3v) is 6.07. The molecule has 2 aromatic heterocycles. The number of amides is 1. The highest BCUT2D eigenvalue weighted by atomic mass is 19.1. The second-order valence-electron chi connectivity index (χ2n) is 8.17. The molecule has 5 rings (SSSR count). The van der Waals surface area contributed by atoms with Gasteiger partial charge in [0.1, 0.15) is 5.75 Å². The van der Waals surface area contributed by atoms with Crippen LogP contribution in [-0.2, 0) is 4.79 Å². The van der Waals surface area contributed by atoms with E-state index in [4.69, 9.17) is 4.74 Å². The fraction of sp³-hybridized carbons (Fsp3) is 0.192. The first kappa shape index (κ1) is 21.6. The number of halogens is 1. The number of imidazole rings is 1. The van der Waals surface area contributed by atoms with Gasteiger partial charge in [-0.2, -0.15) is 0 Å². The van der Waals surface area contributed by atoms with Crippen LogP contribution >= 0.6 is 0 Å². The van der Waals surface area contributed by atoms with E-state index < -0.39 is 5.82 Å². The molecule has 1 aliphatic rings. The van der Waals surface area contributed by atoms with Crippen molar-refractivity contribution >= 4 is 16.9 Å². The SMILES string of the molecule is C=CC(=O)N1CCCC(n2c(=O)n(-c3ccc(Oc4ccccc4)c(F)c3)c3cnccc32)C1. The number of pyridine rings is 1. The lowest BCUT2D eigenvalue weighted by Gasteiger charge is -2.32. The number of hydrogen-bond acceptors (Lipinski definition) is 4. The van der Waals surface area contributed by atoms with E-state index in [2.05, 4.69) is 11.6 Å². The average Bonchev–Trinajstić information content (AvgIpc) is 3.17. The molecule has 0 spiro atoms. The van der Waals surface area contributed by atoms with E-state index in [9.17, 15) is 14.0 Å². The Hall–Kier alpha value is -4.20. The van der Waals surface area contributed by atoms with Crippen LogP contribution in [0.5, 0.6) is 11.5 Å². The van der Waals surface area contributed by atoms with Gasteiger partial charge in [0.25, 0.3) is 0 Å². The number of fused-ring (bicyclic) bond motifs is 1. The summed E-state index contributed by atoms with van der Waals surface area (Å²) in [7, 11) is 0. The molecule has 0 saturated carbocycles. The molecule has 7 nitrogen and oxygen atoms in total. The average molecular weight is 458 g/mol. The molecule has 1 atom stereocenters. The number of hydrogen-bond donors (Lipinski definition) is 0. The van der Waals surface area contributed by atoms with Gasteiger partial charge < -0.3 is 9.64 Å². The minimum Gasteiger partial charge on any atom is -0.454 e. The predicted molar refractivity (Wildman–Crippen MR) is 127 cm³/mol. The topological polar surface area (TPSA) is 69.4 Å². The van der Waals surface area contributed by atoms with Gasteiger partial charge in [-0.25, -0.2) is 9.18 Å². The molecule has 0 N–H and O–H groups in total. The van der Waals surface area contributed by atoms with Crippen LogP contribution in [0, 0.1) is 5.82 Å². The maximum Gasteiger partial charge on any atom is 0.334 e. The highest BCUT2D eigenvalue weighted by Gasteiger charge is 2.28. The number of ether oxygens (including phenoxy) is 1. The van der Waals surface area contributed by atoms with Gasteiger partial charge in [0.2, 0.25) is 5.91 Å². The molecule has 8 heteroatoms. The lowest BCUT2D eigenvalue weighted by molar-refractivity contribution is -0.127. The van der Waals surface area contributed by atoms with Crippen molar-refractivity contribution in [3.05, 3.63) is 95.9 Å². The lowest BCUT2D eigenvalue weighted by Crippen LogP contribution is -2.42. The summed E-state index contributed by atoms with van der Waals surface area (Å²) in [5.74, 6) is -0.156. The van der Waals surface area contributed by atoms with Crippen LogP contribution in [-0.4, -0.2) is 38.0 Å². The second kappa shape index (κ2) is 8.97. The van der Waals surface area contributed by atoms with E-state index in [1.54, 1.807) is 58.3 Å². The molecular formula is C26H23FN4O3. The molecule has 2 aromatic carbocycles. The maximum absolute atomic E-state index is 15.0. The van der Waals surface area contributed by atoms with Gasteiger partial charge in [0, 0.05) is 25.4 Å². The van der Waals surface area contributed by atoms with Gasteiger partial charge in [-0.15, -0.1) is 0 Å². The zero-order valence-electron chi connectivity index (χ0n) is 18.4. The molecule has 3 heterocycles. The first-order valence-corrected chi connectivity index (χ1v) is 11.1. The molecule has 1 fully saturated rings. The molecule has 0 aliphatic carbocycles. The summed E-state index contributed by atoms with van der Waals surface area (Å²) >= 11 is 0. The normalized spacial score (nSPS) is 15.9. The van der Waals surface area contributed by atoms with Gasteiger partial charge in [0.05, 0.1) is 29.0 Å². The summed E-state index contributed by atoms with van der Waals surface area (Å²) in [4.78, 5) is 31.7. The fourth-order valence-electron chi connectivity index (χ4n) is 4.49. The van der Waals surface area contributed by atoms with Gasteiger partial charge in [-0.05, 0) is 49.2 Å². The van der Waals surface area contributed by atoms with Crippen molar-refractivity contribution in [2.45, 2.75) is 18.9 Å². The second-order valence-corrected chi connectivity index (χ2v) is 8.17. The summed E-state index contributed by atoms with van der Waals surface area (Å²) in [5.41, 5.74) is 1.31. The minimum absolute atomic E-state index is 0.0655. The highest BCUT2D eigenvalue weighted by molar-refractivity contribution is 5.87. The number of carbonyl (C=O) groups excluding carboxylic acids is 1. The smallest absolute Gasteiger partial charge is 0.334 e. The predicted octanol–water partition coefficient (Wildman–Crippen LogP) is 4.47. The van der Waals surface area contributed by atoms with E-state index in [1.807, 2.05) is 6.07 Å². The highest BCUT2D eigenvalue weighted by Crippen LogP contribution is 2.29. The van der Waals surface area contributed by atoms with E-state index in [-0.39, 0.29) is 23.4 Å². The van der Waals surface area contributed by atoms with Crippen molar-refractivity contribution in [1.29, 1.82) is 0 Å². The Morgan fingerprint density at radius 3 is 2.74 bits per heavy atom. The molecule has 34 heavy (non-hydrogen) atoms. The Kier molecular flexibility index (Phi) is 5.71. The van der Waals surface area contributed by atoms with Gasteiger partial charge >= 0.3 is 5.69 Å². The molecule has 1 unspecified atom stereocenters. The Labute approximate surface area is 195 Å². The van der Waals surface area contributed by atoms with Crippen molar-refractivity contribution in [2.24, 2.45) is 0 Å². The molecule has 4 aromatic rings. The van der Waals surface area contributed by atoms with Gasteiger partial charge in [-0.3, -0.25) is 18.9 Å². The third-order valence-electron chi connectivity index (χ3n) is 6.07. The lowest BCUT2D eigenvalue weighted by atomic mass is 10.1. The van der Waals surface area contributed by atoms with E-state index >= 15 is 0 Å². The molecule has 1 saturated heterocycles. The van der Waals surface area contributed by atoms with Crippen LogP contribution in [0.2, 0.25) is 0 Å². The zero-order valence-corrected chi connectivity index (χ0v) is 18.4. The monoisotopic (exact) mass is 458 g/mol. The molecule has 172 valence electrons. The van der Waals surface area contributed by atoms with Crippen molar-refractivity contribution in [3.63, 3.8) is 0 Å². The zero-order chi connectivity index (χ0) is 23.7. The Bertz CT molecular complexity index is 1430. The Morgan fingerprint density at radius 2 is 1.97 bits per heavy atom. The first-order valence-electron chi connectivity index (χ1n) is 11.1. The van der Waals surface area contributed by atoms with Crippen molar-refractivity contribution < 1.29 is 13.9 Å². The molecule has 0 bridgehead atoms. The van der Waals surface area contributed by atoms with Gasteiger partial charge in [-0.1, -0.05) is 24.8 Å². The Morgan fingerprint density at radius 1 is 1.15 bits per heavy atom. The number of para-hydroxylation sites is 1. The van der Waals surface area contributed by atoms with Crippen LogP contribution in [0.25, 0.3) is 16.7 Å². The summed E-state index contributed by atoms with van der Waals surface area (Å²) in [6.45, 7) is 4.61. The summed E-state index contributed by atoms with van der Waals surface area (Å²) in [6, 6.07) is 14.9. The maximum atomic E-state index is 15.0. The van der Waals surface area contributed by atoms with E-state index in [0.29, 0.717) is 35.6 Å². The van der Waals surface area contributed by atoms with E-state index in [0.717, 1.165) is 12.8 Å². The molecular weight excluding hydrogens is 435 g/mol. The fourth-order valence-corrected chi connectivity index (χ4v) is 4.49. The van der Waals surface area contributed by atoms with Gasteiger partial charge in [0.15, 0.2) is 11.6 Å². The van der Waals surface area contributed by atoms with Crippen molar-refractivity contribution in [1.82, 2.24) is 19.0 Å². The van der Waals surface area contributed by atoms with E-state index in [1.165, 1.54) is 22.8 Å². The quantitative estimate of drug-likeness (QED) is 0.414. The Balaban J connectivity index is 1.56. The number of piperidine rings is 1. The van der Waals surface area contributed by atoms with Crippen LogP contribution in [0.4, 0.5) is 4.39 Å². The summed E-state index contributed by atoms with van der Waals surface area (Å²) in [5, 5.41) is 0. The van der Waals surface area contributed by atoms with Crippen LogP contribution < -0.4 is 10.4 Å². The van der Waals surface area contributed by atoms with Crippen molar-refractivity contribution in [2.75, 3.05) is 13.1 Å². The molecule has 1 aliphatic heterocycles. The number of benzene rings is 2. The molecule has 0 radical (unpaired) electrons.